The van der Waals surface area contributed by atoms with Crippen molar-refractivity contribution in [1.82, 2.24) is 14.5 Å². The maximum absolute atomic E-state index is 13.3. The van der Waals surface area contributed by atoms with E-state index in [0.29, 0.717) is 17.1 Å². The minimum Gasteiger partial charge on any atom is -0.337 e. The monoisotopic (exact) mass is 424 g/mol. The van der Waals surface area contributed by atoms with Gasteiger partial charge in [-0.3, -0.25) is 9.69 Å². The Morgan fingerprint density at radius 3 is 2.76 bits per heavy atom. The number of aromatic nitrogens is 3. The van der Waals surface area contributed by atoms with Crippen LogP contribution in [0, 0.1) is 0 Å². The second kappa shape index (κ2) is 8.76. The number of aryl methyl sites for hydroxylation is 2. The van der Waals surface area contributed by atoms with Gasteiger partial charge in [-0.2, -0.15) is 0 Å². The van der Waals surface area contributed by atoms with Crippen LogP contribution in [0.25, 0.3) is 10.2 Å². The van der Waals surface area contributed by atoms with Crippen molar-refractivity contribution < 1.29 is 4.79 Å². The lowest BCUT2D eigenvalue weighted by Crippen LogP contribution is -2.32. The van der Waals surface area contributed by atoms with E-state index < -0.39 is 0 Å². The second-order valence-electron chi connectivity index (χ2n) is 6.73. The van der Waals surface area contributed by atoms with E-state index in [4.69, 9.17) is 16.6 Å². The van der Waals surface area contributed by atoms with Crippen LogP contribution >= 0.6 is 22.9 Å². The molecule has 2 aromatic heterocycles. The van der Waals surface area contributed by atoms with Gasteiger partial charge in [0.25, 0.3) is 5.91 Å². The van der Waals surface area contributed by atoms with Crippen molar-refractivity contribution in [3.05, 3.63) is 77.3 Å². The maximum atomic E-state index is 13.3. The van der Waals surface area contributed by atoms with Crippen LogP contribution in [0.4, 0.5) is 5.13 Å². The highest BCUT2D eigenvalue weighted by Crippen LogP contribution is 2.32. The predicted molar refractivity (Wildman–Crippen MR) is 119 cm³/mol. The van der Waals surface area contributed by atoms with Crippen LogP contribution in [0.2, 0.25) is 5.02 Å². The molecule has 2 aromatic carbocycles. The number of anilines is 1. The summed E-state index contributed by atoms with van der Waals surface area (Å²) < 4.78 is 3.11. The van der Waals surface area contributed by atoms with E-state index in [0.717, 1.165) is 34.7 Å². The molecule has 0 aliphatic rings. The Balaban J connectivity index is 1.65. The molecule has 0 fully saturated rings. The number of nitrogens with zero attached hydrogens (tertiary/aromatic N) is 4. The number of para-hydroxylation sites is 1. The lowest BCUT2D eigenvalue weighted by atomic mass is 10.1. The highest BCUT2D eigenvalue weighted by molar-refractivity contribution is 7.22. The average molecular weight is 425 g/mol. The van der Waals surface area contributed by atoms with E-state index in [-0.39, 0.29) is 5.91 Å². The molecule has 7 heteroatoms. The molecule has 0 saturated carbocycles. The van der Waals surface area contributed by atoms with Crippen LogP contribution in [-0.2, 0) is 13.0 Å². The Bertz CT molecular complexity index is 1110. The van der Waals surface area contributed by atoms with Crippen molar-refractivity contribution in [1.29, 1.82) is 0 Å². The molecule has 1 amide bonds. The molecule has 2 heterocycles. The van der Waals surface area contributed by atoms with Gasteiger partial charge in [0, 0.05) is 36.1 Å². The molecule has 4 rings (SSSR count). The SMILES string of the molecule is CCc1cccc2sc(N(CCCn3ccnc3)C(=O)c3ccc(Cl)cc3)nc12. The van der Waals surface area contributed by atoms with Crippen LogP contribution in [-0.4, -0.2) is 27.0 Å². The zero-order valence-electron chi connectivity index (χ0n) is 16.1. The molecule has 0 saturated heterocycles. The average Bonchev–Trinajstić information content (AvgIpc) is 3.40. The highest BCUT2D eigenvalue weighted by Gasteiger charge is 2.21. The van der Waals surface area contributed by atoms with Gasteiger partial charge in [-0.15, -0.1) is 0 Å². The van der Waals surface area contributed by atoms with Crippen molar-refractivity contribution in [3.8, 4) is 0 Å². The predicted octanol–water partition coefficient (Wildman–Crippen LogP) is 5.45. The number of carbonyl (C=O) groups is 1. The summed E-state index contributed by atoms with van der Waals surface area (Å²) in [6, 6.07) is 13.2. The Kier molecular flexibility index (Phi) is 5.92. The van der Waals surface area contributed by atoms with Gasteiger partial charge in [0.05, 0.1) is 16.5 Å². The molecule has 29 heavy (non-hydrogen) atoms. The smallest absolute Gasteiger partial charge is 0.260 e. The quantitative estimate of drug-likeness (QED) is 0.396. The molecule has 0 aliphatic heterocycles. The first-order chi connectivity index (χ1) is 14.2. The first-order valence-corrected chi connectivity index (χ1v) is 10.8. The summed E-state index contributed by atoms with van der Waals surface area (Å²) in [4.78, 5) is 24.0. The van der Waals surface area contributed by atoms with Gasteiger partial charge in [-0.1, -0.05) is 42.0 Å². The Labute approximate surface area is 178 Å². The van der Waals surface area contributed by atoms with Crippen molar-refractivity contribution in [3.63, 3.8) is 0 Å². The fraction of sp³-hybridized carbons (Fsp3) is 0.227. The van der Waals surface area contributed by atoms with Crippen LogP contribution in [0.1, 0.15) is 29.3 Å². The molecule has 0 N–H and O–H groups in total. The van der Waals surface area contributed by atoms with E-state index in [1.165, 1.54) is 5.56 Å². The number of hydrogen-bond acceptors (Lipinski definition) is 4. The summed E-state index contributed by atoms with van der Waals surface area (Å²) in [5.74, 6) is -0.0654. The Morgan fingerprint density at radius 1 is 1.21 bits per heavy atom. The van der Waals surface area contributed by atoms with Gasteiger partial charge >= 0.3 is 0 Å². The van der Waals surface area contributed by atoms with Gasteiger partial charge in [-0.05, 0) is 48.7 Å². The lowest BCUT2D eigenvalue weighted by Gasteiger charge is -2.20. The van der Waals surface area contributed by atoms with Gasteiger partial charge < -0.3 is 4.57 Å². The van der Waals surface area contributed by atoms with E-state index in [9.17, 15) is 4.79 Å². The molecule has 148 valence electrons. The fourth-order valence-corrected chi connectivity index (χ4v) is 4.42. The van der Waals surface area contributed by atoms with Crippen molar-refractivity contribution in [2.75, 3.05) is 11.4 Å². The molecular weight excluding hydrogens is 404 g/mol. The standard InChI is InChI=1S/C22H21ClN4OS/c1-2-16-5-3-6-19-20(16)25-22(29-19)27(13-4-12-26-14-11-24-15-26)21(28)17-7-9-18(23)10-8-17/h3,5-11,14-15H,2,4,12-13H2,1H3. The van der Waals surface area contributed by atoms with Gasteiger partial charge in [0.15, 0.2) is 5.13 Å². The summed E-state index contributed by atoms with van der Waals surface area (Å²) in [5.41, 5.74) is 2.79. The third kappa shape index (κ3) is 4.33. The number of amides is 1. The number of fused-ring (bicyclic) bond motifs is 1. The van der Waals surface area contributed by atoms with Gasteiger partial charge in [0.2, 0.25) is 0 Å². The first-order valence-electron chi connectivity index (χ1n) is 9.57. The van der Waals surface area contributed by atoms with Gasteiger partial charge in [0.1, 0.15) is 0 Å². The summed E-state index contributed by atoms with van der Waals surface area (Å²) >= 11 is 7.55. The first kappa shape index (κ1) is 19.6. The third-order valence-electron chi connectivity index (χ3n) is 4.80. The molecule has 0 bridgehead atoms. The molecule has 4 aromatic rings. The molecule has 0 spiro atoms. The molecule has 0 radical (unpaired) electrons. The Morgan fingerprint density at radius 2 is 2.03 bits per heavy atom. The number of imidazole rings is 1. The number of benzene rings is 2. The molecular formula is C22H21ClN4OS. The lowest BCUT2D eigenvalue weighted by molar-refractivity contribution is 0.0986. The maximum Gasteiger partial charge on any atom is 0.260 e. The molecule has 0 aliphatic carbocycles. The minimum absolute atomic E-state index is 0.0654. The van der Waals surface area contributed by atoms with Crippen molar-refractivity contribution in [2.45, 2.75) is 26.3 Å². The summed E-state index contributed by atoms with van der Waals surface area (Å²) in [7, 11) is 0. The van der Waals surface area contributed by atoms with Crippen LogP contribution in [0.5, 0.6) is 0 Å². The van der Waals surface area contributed by atoms with Crippen molar-refractivity contribution in [2.24, 2.45) is 0 Å². The zero-order valence-corrected chi connectivity index (χ0v) is 17.7. The highest BCUT2D eigenvalue weighted by atomic mass is 35.5. The summed E-state index contributed by atoms with van der Waals surface area (Å²) in [6.45, 7) is 3.48. The number of hydrogen-bond donors (Lipinski definition) is 0. The molecule has 5 nitrogen and oxygen atoms in total. The number of rotatable bonds is 7. The fourth-order valence-electron chi connectivity index (χ4n) is 3.26. The van der Waals surface area contributed by atoms with Crippen LogP contribution in [0.15, 0.2) is 61.2 Å². The van der Waals surface area contributed by atoms with E-state index in [2.05, 4.69) is 24.0 Å². The summed E-state index contributed by atoms with van der Waals surface area (Å²) in [6.07, 6.45) is 7.18. The largest absolute Gasteiger partial charge is 0.337 e. The molecule has 0 atom stereocenters. The van der Waals surface area contributed by atoms with Crippen LogP contribution in [0.3, 0.4) is 0 Å². The zero-order chi connectivity index (χ0) is 20.2. The van der Waals surface area contributed by atoms with Crippen molar-refractivity contribution >= 4 is 44.2 Å². The molecule has 0 unspecified atom stereocenters. The second-order valence-corrected chi connectivity index (χ2v) is 8.18. The normalized spacial score (nSPS) is 11.1. The van der Waals surface area contributed by atoms with E-state index in [1.807, 2.05) is 16.8 Å². The Hall–Kier alpha value is -2.70. The topological polar surface area (TPSA) is 51.0 Å². The minimum atomic E-state index is -0.0654. The van der Waals surface area contributed by atoms with Crippen LogP contribution < -0.4 is 4.90 Å². The van der Waals surface area contributed by atoms with Gasteiger partial charge in [-0.25, -0.2) is 9.97 Å². The van der Waals surface area contributed by atoms with E-state index >= 15 is 0 Å². The van der Waals surface area contributed by atoms with E-state index in [1.54, 1.807) is 53.0 Å². The summed E-state index contributed by atoms with van der Waals surface area (Å²) in [5, 5.41) is 1.34. The number of halogens is 1. The number of carbonyl (C=O) groups excluding carboxylic acids is 1. The third-order valence-corrected chi connectivity index (χ3v) is 6.09. The number of thiazole rings is 1.